The molecule has 2 aromatic carbocycles. The van der Waals surface area contributed by atoms with Gasteiger partial charge in [-0.3, -0.25) is 4.79 Å². The van der Waals surface area contributed by atoms with Crippen LogP contribution in [0.2, 0.25) is 0 Å². The molecule has 0 saturated heterocycles. The van der Waals surface area contributed by atoms with Crippen LogP contribution in [0.25, 0.3) is 6.08 Å². The third-order valence-electron chi connectivity index (χ3n) is 3.34. The van der Waals surface area contributed by atoms with Gasteiger partial charge in [0.25, 0.3) is 0 Å². The summed E-state index contributed by atoms with van der Waals surface area (Å²) in [5, 5.41) is 8.80. The van der Waals surface area contributed by atoms with Crippen molar-refractivity contribution in [3.8, 4) is 11.5 Å². The highest BCUT2D eigenvalue weighted by molar-refractivity contribution is 6.06. The quantitative estimate of drug-likeness (QED) is 0.623. The summed E-state index contributed by atoms with van der Waals surface area (Å²) < 4.78 is 10.3. The van der Waals surface area contributed by atoms with Gasteiger partial charge in [0.05, 0.1) is 7.11 Å². The molecular weight excluding hydrogens is 308 g/mol. The van der Waals surface area contributed by atoms with E-state index >= 15 is 0 Å². The highest BCUT2D eigenvalue weighted by atomic mass is 16.5. The summed E-state index contributed by atoms with van der Waals surface area (Å²) in [6.45, 7) is 1.44. The first-order valence-corrected chi connectivity index (χ1v) is 7.35. The Hall–Kier alpha value is -3.08. The van der Waals surface area contributed by atoms with Crippen molar-refractivity contribution in [3.63, 3.8) is 0 Å². The standard InChI is InChI=1S/C19H18O5/c1-13(19(21)22)24-17-10-6-15(7-11-17)18(20)12-5-14-3-8-16(23-2)9-4-14/h3-13H,1-2H3,(H,21,22)/b12-5+/t13-/m0/s1. The maximum absolute atomic E-state index is 12.1. The summed E-state index contributed by atoms with van der Waals surface area (Å²) in [5.41, 5.74) is 1.38. The number of carbonyl (C=O) groups is 2. The van der Waals surface area contributed by atoms with Crippen LogP contribution in [0.1, 0.15) is 22.8 Å². The van der Waals surface area contributed by atoms with Crippen LogP contribution in [0.3, 0.4) is 0 Å². The van der Waals surface area contributed by atoms with E-state index in [9.17, 15) is 9.59 Å². The van der Waals surface area contributed by atoms with Crippen molar-refractivity contribution < 1.29 is 24.2 Å². The monoisotopic (exact) mass is 326 g/mol. The molecule has 0 saturated carbocycles. The Labute approximate surface area is 140 Å². The smallest absolute Gasteiger partial charge is 0.344 e. The predicted octanol–water partition coefficient (Wildman–Crippen LogP) is 3.44. The minimum Gasteiger partial charge on any atom is -0.497 e. The lowest BCUT2D eigenvalue weighted by atomic mass is 10.1. The number of ether oxygens (including phenoxy) is 2. The van der Waals surface area contributed by atoms with Gasteiger partial charge in [-0.2, -0.15) is 0 Å². The van der Waals surface area contributed by atoms with E-state index in [1.165, 1.54) is 13.0 Å². The molecule has 1 atom stereocenters. The molecule has 24 heavy (non-hydrogen) atoms. The van der Waals surface area contributed by atoms with Gasteiger partial charge < -0.3 is 14.6 Å². The number of benzene rings is 2. The van der Waals surface area contributed by atoms with Gasteiger partial charge in [0.1, 0.15) is 11.5 Å². The molecule has 0 fully saturated rings. The summed E-state index contributed by atoms with van der Waals surface area (Å²) in [7, 11) is 1.60. The summed E-state index contributed by atoms with van der Waals surface area (Å²) >= 11 is 0. The first kappa shape index (κ1) is 17.3. The van der Waals surface area contributed by atoms with E-state index in [-0.39, 0.29) is 5.78 Å². The van der Waals surface area contributed by atoms with Crippen molar-refractivity contribution in [2.24, 2.45) is 0 Å². The van der Waals surface area contributed by atoms with E-state index in [1.54, 1.807) is 37.5 Å². The Morgan fingerprint density at radius 2 is 1.58 bits per heavy atom. The maximum atomic E-state index is 12.1. The predicted molar refractivity (Wildman–Crippen MR) is 90.5 cm³/mol. The second kappa shape index (κ2) is 7.97. The van der Waals surface area contributed by atoms with Gasteiger partial charge in [0.2, 0.25) is 0 Å². The van der Waals surface area contributed by atoms with Crippen LogP contribution in [-0.2, 0) is 4.79 Å². The molecule has 0 aliphatic rings. The largest absolute Gasteiger partial charge is 0.497 e. The number of carboxylic acid groups (broad SMARTS) is 1. The Morgan fingerprint density at radius 3 is 2.12 bits per heavy atom. The molecule has 124 valence electrons. The number of ketones is 1. The fraction of sp³-hybridized carbons (Fsp3) is 0.158. The molecule has 0 aromatic heterocycles. The third-order valence-corrected chi connectivity index (χ3v) is 3.34. The van der Waals surface area contributed by atoms with Crippen molar-refractivity contribution >= 4 is 17.8 Å². The Bertz CT molecular complexity index is 729. The molecule has 2 aromatic rings. The first-order chi connectivity index (χ1) is 11.5. The lowest BCUT2D eigenvalue weighted by molar-refractivity contribution is -0.144. The molecule has 0 unspecified atom stereocenters. The van der Waals surface area contributed by atoms with E-state index in [4.69, 9.17) is 14.6 Å². The molecule has 2 rings (SSSR count). The highest BCUT2D eigenvalue weighted by Crippen LogP contribution is 2.16. The Kier molecular flexibility index (Phi) is 5.73. The van der Waals surface area contributed by atoms with Gasteiger partial charge in [-0.15, -0.1) is 0 Å². The van der Waals surface area contributed by atoms with Crippen molar-refractivity contribution in [2.45, 2.75) is 13.0 Å². The van der Waals surface area contributed by atoms with Crippen LogP contribution < -0.4 is 9.47 Å². The molecule has 0 radical (unpaired) electrons. The Balaban J connectivity index is 2.01. The van der Waals surface area contributed by atoms with Crippen LogP contribution in [0.5, 0.6) is 11.5 Å². The first-order valence-electron chi connectivity index (χ1n) is 7.35. The van der Waals surface area contributed by atoms with Crippen molar-refractivity contribution in [3.05, 3.63) is 65.7 Å². The Morgan fingerprint density at radius 1 is 1.00 bits per heavy atom. The molecule has 0 aliphatic heterocycles. The van der Waals surface area contributed by atoms with Crippen LogP contribution in [-0.4, -0.2) is 30.1 Å². The zero-order valence-corrected chi connectivity index (χ0v) is 13.4. The second-order valence-electron chi connectivity index (χ2n) is 5.09. The van der Waals surface area contributed by atoms with Gasteiger partial charge in [-0.25, -0.2) is 4.79 Å². The summed E-state index contributed by atoms with van der Waals surface area (Å²) in [6.07, 6.45) is 2.26. The van der Waals surface area contributed by atoms with Gasteiger partial charge in [-0.1, -0.05) is 18.2 Å². The lowest BCUT2D eigenvalue weighted by Gasteiger charge is -2.10. The summed E-state index contributed by atoms with van der Waals surface area (Å²) in [4.78, 5) is 22.9. The van der Waals surface area contributed by atoms with Crippen molar-refractivity contribution in [1.82, 2.24) is 0 Å². The van der Waals surface area contributed by atoms with E-state index < -0.39 is 12.1 Å². The zero-order chi connectivity index (χ0) is 17.5. The van der Waals surface area contributed by atoms with E-state index in [0.29, 0.717) is 11.3 Å². The van der Waals surface area contributed by atoms with Crippen LogP contribution >= 0.6 is 0 Å². The average molecular weight is 326 g/mol. The van der Waals surface area contributed by atoms with Gasteiger partial charge in [-0.05, 0) is 55.0 Å². The zero-order valence-electron chi connectivity index (χ0n) is 13.4. The number of hydrogen-bond donors (Lipinski definition) is 1. The number of carboxylic acids is 1. The average Bonchev–Trinajstić information content (AvgIpc) is 2.60. The molecule has 0 heterocycles. The minimum absolute atomic E-state index is 0.149. The highest BCUT2D eigenvalue weighted by Gasteiger charge is 2.12. The fourth-order valence-corrected chi connectivity index (χ4v) is 1.94. The molecule has 0 amide bonds. The molecule has 5 nitrogen and oxygen atoms in total. The minimum atomic E-state index is -1.04. The molecule has 0 bridgehead atoms. The fourth-order valence-electron chi connectivity index (χ4n) is 1.94. The normalized spacial score (nSPS) is 11.9. The lowest BCUT2D eigenvalue weighted by Crippen LogP contribution is -2.22. The molecule has 0 aliphatic carbocycles. The molecule has 1 N–H and O–H groups in total. The van der Waals surface area contributed by atoms with Crippen LogP contribution in [0.4, 0.5) is 0 Å². The SMILES string of the molecule is COc1ccc(/C=C/C(=O)c2ccc(O[C@@H](C)C(=O)O)cc2)cc1. The van der Waals surface area contributed by atoms with E-state index in [0.717, 1.165) is 11.3 Å². The van der Waals surface area contributed by atoms with Gasteiger partial charge >= 0.3 is 5.97 Å². The number of methoxy groups -OCH3 is 1. The summed E-state index contributed by atoms with van der Waals surface area (Å²) in [6, 6.07) is 13.7. The van der Waals surface area contributed by atoms with Crippen molar-refractivity contribution in [1.29, 1.82) is 0 Å². The summed E-state index contributed by atoms with van der Waals surface area (Å²) in [5.74, 6) is -0.0357. The number of rotatable bonds is 7. The molecule has 5 heteroatoms. The second-order valence-corrected chi connectivity index (χ2v) is 5.09. The number of allylic oxidation sites excluding steroid dienone is 1. The molecule has 0 spiro atoms. The van der Waals surface area contributed by atoms with Crippen molar-refractivity contribution in [2.75, 3.05) is 7.11 Å². The van der Waals surface area contributed by atoms with Crippen LogP contribution in [0.15, 0.2) is 54.6 Å². The third kappa shape index (κ3) is 4.71. The van der Waals surface area contributed by atoms with Gasteiger partial charge in [0, 0.05) is 5.56 Å². The molecular formula is C19H18O5. The number of hydrogen-bond acceptors (Lipinski definition) is 4. The van der Waals surface area contributed by atoms with E-state index in [1.807, 2.05) is 24.3 Å². The van der Waals surface area contributed by atoms with Crippen LogP contribution in [0, 0.1) is 0 Å². The van der Waals surface area contributed by atoms with Gasteiger partial charge in [0.15, 0.2) is 11.9 Å². The topological polar surface area (TPSA) is 72.8 Å². The maximum Gasteiger partial charge on any atom is 0.344 e. The number of aliphatic carboxylic acids is 1. The number of carbonyl (C=O) groups excluding carboxylic acids is 1. The van der Waals surface area contributed by atoms with E-state index in [2.05, 4.69) is 0 Å².